The maximum Gasteiger partial charge on any atom is 0.326 e. The minimum Gasteiger partial charge on any atom is -0.480 e. The zero-order chi connectivity index (χ0) is 15.5. The summed E-state index contributed by atoms with van der Waals surface area (Å²) in [7, 11) is 1.18. The Morgan fingerprint density at radius 3 is 2.15 bits per heavy atom. The first-order valence-corrected chi connectivity index (χ1v) is 6.03. The van der Waals surface area contributed by atoms with Crippen molar-refractivity contribution in [2.24, 2.45) is 0 Å². The molecule has 0 aromatic rings. The third-order valence-corrected chi connectivity index (χ3v) is 2.49. The summed E-state index contributed by atoms with van der Waals surface area (Å²) >= 11 is 0. The smallest absolute Gasteiger partial charge is 0.326 e. The van der Waals surface area contributed by atoms with Crippen LogP contribution in [0.2, 0.25) is 0 Å². The summed E-state index contributed by atoms with van der Waals surface area (Å²) in [6, 6.07) is -1.98. The van der Waals surface area contributed by atoms with Gasteiger partial charge in [0.15, 0.2) is 0 Å². The lowest BCUT2D eigenvalue weighted by molar-refractivity contribution is -0.142. The molecule has 1 atom stereocenters. The summed E-state index contributed by atoms with van der Waals surface area (Å²) in [5.74, 6) is -1.86. The molecule has 0 saturated heterocycles. The third-order valence-electron chi connectivity index (χ3n) is 2.49. The normalized spacial score (nSPS) is 11.6. The number of aliphatic hydroxyl groups is 2. The van der Waals surface area contributed by atoms with Crippen LogP contribution < -0.4 is 5.32 Å². The van der Waals surface area contributed by atoms with Crippen molar-refractivity contribution in [3.63, 3.8) is 0 Å². The quantitative estimate of drug-likeness (QED) is 0.375. The van der Waals surface area contributed by atoms with Crippen LogP contribution in [-0.4, -0.2) is 77.6 Å². The number of methoxy groups -OCH3 is 1. The second-order valence-corrected chi connectivity index (χ2v) is 3.89. The fraction of sp³-hybridized carbons (Fsp3) is 0.727. The van der Waals surface area contributed by atoms with E-state index in [1.807, 2.05) is 0 Å². The van der Waals surface area contributed by atoms with Gasteiger partial charge in [0.1, 0.15) is 6.04 Å². The van der Waals surface area contributed by atoms with Gasteiger partial charge < -0.3 is 30.3 Å². The molecular formula is C11H20N2O7. The van der Waals surface area contributed by atoms with Crippen LogP contribution >= 0.6 is 0 Å². The van der Waals surface area contributed by atoms with Gasteiger partial charge in [-0.2, -0.15) is 0 Å². The number of carboxylic acids is 1. The van der Waals surface area contributed by atoms with E-state index in [1.165, 1.54) is 7.11 Å². The molecule has 4 N–H and O–H groups in total. The average molecular weight is 292 g/mol. The molecule has 0 aliphatic carbocycles. The lowest BCUT2D eigenvalue weighted by atomic mass is 10.1. The maximum atomic E-state index is 11.8. The Morgan fingerprint density at radius 1 is 1.20 bits per heavy atom. The highest BCUT2D eigenvalue weighted by Crippen LogP contribution is 2.01. The molecule has 20 heavy (non-hydrogen) atoms. The molecule has 0 aliphatic heterocycles. The summed E-state index contributed by atoms with van der Waals surface area (Å²) in [5, 5.41) is 28.8. The highest BCUT2D eigenvalue weighted by molar-refractivity contribution is 5.83. The van der Waals surface area contributed by atoms with Crippen LogP contribution in [0.15, 0.2) is 0 Å². The predicted molar refractivity (Wildman–Crippen MR) is 67.0 cm³/mol. The summed E-state index contributed by atoms with van der Waals surface area (Å²) < 4.78 is 4.39. The minimum atomic E-state index is -1.28. The molecule has 0 rings (SSSR count). The van der Waals surface area contributed by atoms with Gasteiger partial charge in [-0.25, -0.2) is 9.59 Å². The van der Waals surface area contributed by atoms with Gasteiger partial charge in [0.05, 0.1) is 20.3 Å². The third kappa shape index (κ3) is 6.90. The van der Waals surface area contributed by atoms with Crippen molar-refractivity contribution < 1.29 is 34.4 Å². The van der Waals surface area contributed by atoms with Gasteiger partial charge in [-0.3, -0.25) is 4.79 Å². The first-order valence-electron chi connectivity index (χ1n) is 6.03. The number of rotatable bonds is 9. The molecule has 0 unspecified atom stereocenters. The van der Waals surface area contributed by atoms with E-state index in [0.29, 0.717) is 0 Å². The molecular weight excluding hydrogens is 272 g/mol. The zero-order valence-corrected chi connectivity index (χ0v) is 11.2. The van der Waals surface area contributed by atoms with Crippen molar-refractivity contribution in [1.82, 2.24) is 10.2 Å². The average Bonchev–Trinajstić information content (AvgIpc) is 2.42. The standard InChI is InChI=1S/C11H20N2O7/c1-20-9(16)3-2-8(10(17)18)12-11(19)13(4-6-14)5-7-15/h8,14-15H,2-7H2,1H3,(H,12,19)(H,17,18)/t8-/m0/s1. The fourth-order valence-corrected chi connectivity index (χ4v) is 1.42. The Kier molecular flexibility index (Phi) is 9.05. The number of ether oxygens (including phenoxy) is 1. The van der Waals surface area contributed by atoms with Crippen LogP contribution in [0.4, 0.5) is 4.79 Å². The number of carboxylic acid groups (broad SMARTS) is 1. The number of hydrogen-bond donors (Lipinski definition) is 4. The lowest BCUT2D eigenvalue weighted by Gasteiger charge is -2.23. The maximum absolute atomic E-state index is 11.8. The number of amides is 2. The number of carbonyl (C=O) groups excluding carboxylic acids is 2. The Hall–Kier alpha value is -1.87. The van der Waals surface area contributed by atoms with E-state index in [4.69, 9.17) is 15.3 Å². The molecule has 0 heterocycles. The number of aliphatic hydroxyl groups excluding tert-OH is 2. The molecule has 2 amide bonds. The van der Waals surface area contributed by atoms with Crippen LogP contribution in [0.25, 0.3) is 0 Å². The highest BCUT2D eigenvalue weighted by atomic mass is 16.5. The monoisotopic (exact) mass is 292 g/mol. The van der Waals surface area contributed by atoms with E-state index in [0.717, 1.165) is 4.90 Å². The van der Waals surface area contributed by atoms with Gasteiger partial charge >= 0.3 is 18.0 Å². The van der Waals surface area contributed by atoms with Crippen LogP contribution in [0.3, 0.4) is 0 Å². The van der Waals surface area contributed by atoms with E-state index in [-0.39, 0.29) is 39.1 Å². The Morgan fingerprint density at radius 2 is 1.75 bits per heavy atom. The van der Waals surface area contributed by atoms with Crippen molar-refractivity contribution in [3.8, 4) is 0 Å². The van der Waals surface area contributed by atoms with Gasteiger partial charge in [0, 0.05) is 19.5 Å². The Balaban J connectivity index is 4.51. The molecule has 0 bridgehead atoms. The van der Waals surface area contributed by atoms with Gasteiger partial charge in [0.2, 0.25) is 0 Å². The van der Waals surface area contributed by atoms with Crippen molar-refractivity contribution in [2.75, 3.05) is 33.4 Å². The van der Waals surface area contributed by atoms with Gasteiger partial charge in [-0.15, -0.1) is 0 Å². The van der Waals surface area contributed by atoms with Crippen LogP contribution in [0.1, 0.15) is 12.8 Å². The number of aliphatic carboxylic acids is 1. The van der Waals surface area contributed by atoms with Gasteiger partial charge in [-0.1, -0.05) is 0 Å². The lowest BCUT2D eigenvalue weighted by Crippen LogP contribution is -2.49. The Labute approximate surface area is 116 Å². The van der Waals surface area contributed by atoms with Gasteiger partial charge in [0.25, 0.3) is 0 Å². The van der Waals surface area contributed by atoms with Crippen molar-refractivity contribution in [3.05, 3.63) is 0 Å². The number of carbonyl (C=O) groups is 3. The molecule has 0 aromatic carbocycles. The molecule has 0 aliphatic rings. The van der Waals surface area contributed by atoms with Crippen LogP contribution in [0.5, 0.6) is 0 Å². The highest BCUT2D eigenvalue weighted by Gasteiger charge is 2.23. The number of hydrogen-bond acceptors (Lipinski definition) is 6. The van der Waals surface area contributed by atoms with Crippen LogP contribution in [-0.2, 0) is 14.3 Å². The predicted octanol–water partition coefficient (Wildman–Crippen LogP) is -1.61. The van der Waals surface area contributed by atoms with Crippen molar-refractivity contribution in [2.45, 2.75) is 18.9 Å². The van der Waals surface area contributed by atoms with Gasteiger partial charge in [-0.05, 0) is 6.42 Å². The molecule has 0 spiro atoms. The van der Waals surface area contributed by atoms with Crippen molar-refractivity contribution >= 4 is 18.0 Å². The molecule has 9 nitrogen and oxygen atoms in total. The number of esters is 1. The molecule has 9 heteroatoms. The SMILES string of the molecule is COC(=O)CC[C@H](NC(=O)N(CCO)CCO)C(=O)O. The first kappa shape index (κ1) is 18.1. The summed E-state index contributed by atoms with van der Waals surface area (Å²) in [4.78, 5) is 34.8. The van der Waals surface area contributed by atoms with Crippen LogP contribution in [0, 0.1) is 0 Å². The largest absolute Gasteiger partial charge is 0.480 e. The van der Waals surface area contributed by atoms with E-state index in [2.05, 4.69) is 10.1 Å². The van der Waals surface area contributed by atoms with E-state index < -0.39 is 24.0 Å². The summed E-state index contributed by atoms with van der Waals surface area (Å²) in [6.45, 7) is -0.688. The number of nitrogens with one attached hydrogen (secondary N) is 1. The zero-order valence-electron chi connectivity index (χ0n) is 11.2. The summed E-state index contributed by atoms with van der Waals surface area (Å²) in [6.07, 6.45) is -0.256. The second kappa shape index (κ2) is 9.98. The minimum absolute atomic E-state index is 0.0320. The topological polar surface area (TPSA) is 136 Å². The molecule has 0 fully saturated rings. The van der Waals surface area contributed by atoms with E-state index >= 15 is 0 Å². The molecule has 116 valence electrons. The molecule has 0 saturated carbocycles. The number of nitrogens with zero attached hydrogens (tertiary/aromatic N) is 1. The second-order valence-electron chi connectivity index (χ2n) is 3.89. The first-order chi connectivity index (χ1) is 9.46. The summed E-state index contributed by atoms with van der Waals surface area (Å²) in [5.41, 5.74) is 0. The Bertz CT molecular complexity index is 329. The number of urea groups is 1. The molecule has 0 radical (unpaired) electrons. The van der Waals surface area contributed by atoms with Crippen molar-refractivity contribution in [1.29, 1.82) is 0 Å². The van der Waals surface area contributed by atoms with E-state index in [1.54, 1.807) is 0 Å². The van der Waals surface area contributed by atoms with E-state index in [9.17, 15) is 14.4 Å². The molecule has 0 aromatic heterocycles. The fourth-order valence-electron chi connectivity index (χ4n) is 1.42.